The molecule has 0 heterocycles. The average Bonchev–Trinajstić information content (AvgIpc) is 1.35. The van der Waals surface area contributed by atoms with Gasteiger partial charge in [0.1, 0.15) is 6.73 Å². The Morgan fingerprint density at radius 3 is 2.17 bits per heavy atom. The highest BCUT2D eigenvalue weighted by atomic mass is 16.6. The summed E-state index contributed by atoms with van der Waals surface area (Å²) < 4.78 is 0. The van der Waals surface area contributed by atoms with Crippen molar-refractivity contribution in [1.82, 2.24) is 10.8 Å². The van der Waals surface area contributed by atoms with Gasteiger partial charge in [0.05, 0.1) is 0 Å². The van der Waals surface area contributed by atoms with E-state index in [4.69, 9.17) is 5.90 Å². The molecular formula is C3H9N2O. The molecule has 0 spiro atoms. The van der Waals surface area contributed by atoms with Crippen molar-refractivity contribution in [3.05, 3.63) is 0 Å². The van der Waals surface area contributed by atoms with Crippen LogP contribution in [0.5, 0.6) is 0 Å². The Morgan fingerprint density at radius 1 is 1.67 bits per heavy atom. The maximum Gasteiger partial charge on any atom is 0.122 e. The van der Waals surface area contributed by atoms with Crippen molar-refractivity contribution in [3.8, 4) is 0 Å². The predicted octanol–water partition coefficient (Wildman–Crippen LogP) is -0.280. The van der Waals surface area contributed by atoms with Crippen LogP contribution in [0.1, 0.15) is 0 Å². The quantitative estimate of drug-likeness (QED) is 0.344. The van der Waals surface area contributed by atoms with Crippen LogP contribution in [0.15, 0.2) is 0 Å². The summed E-state index contributed by atoms with van der Waals surface area (Å²) in [4.78, 5) is 5.75. The van der Waals surface area contributed by atoms with Crippen LogP contribution < -0.4 is 5.90 Å². The minimum absolute atomic E-state index is 0.375. The normalized spacial score (nSPS) is 10.0. The molecule has 0 aromatic heterocycles. The van der Waals surface area contributed by atoms with Gasteiger partial charge < -0.3 is 0 Å². The van der Waals surface area contributed by atoms with E-state index in [2.05, 4.69) is 4.84 Å². The van der Waals surface area contributed by atoms with Crippen molar-refractivity contribution in [1.29, 1.82) is 0 Å². The van der Waals surface area contributed by atoms with Crippen LogP contribution >= 0.6 is 0 Å². The number of rotatable bonds is 2. The van der Waals surface area contributed by atoms with Gasteiger partial charge in [-0.1, -0.05) is 0 Å². The predicted molar refractivity (Wildman–Crippen MR) is 22.7 cm³/mol. The monoisotopic (exact) mass is 89.1 g/mol. The van der Waals surface area contributed by atoms with E-state index in [0.717, 1.165) is 0 Å². The van der Waals surface area contributed by atoms with E-state index in [0.29, 0.717) is 6.73 Å². The van der Waals surface area contributed by atoms with E-state index >= 15 is 0 Å². The number of hydrogen-bond acceptors (Lipinski definition) is 2. The molecule has 0 aliphatic heterocycles. The van der Waals surface area contributed by atoms with Gasteiger partial charge >= 0.3 is 0 Å². The van der Waals surface area contributed by atoms with Crippen LogP contribution in [0.25, 0.3) is 0 Å². The first kappa shape index (κ1) is 5.88. The van der Waals surface area contributed by atoms with Gasteiger partial charge in [-0.3, -0.25) is 9.74 Å². The maximum atomic E-state index is 6.19. The van der Waals surface area contributed by atoms with Crippen LogP contribution in [0, 0.1) is 0 Å². The molecule has 0 unspecified atom stereocenters. The van der Waals surface area contributed by atoms with Crippen LogP contribution in [0.3, 0.4) is 0 Å². The van der Waals surface area contributed by atoms with E-state index in [-0.39, 0.29) is 0 Å². The molecule has 0 saturated heterocycles. The highest BCUT2D eigenvalue weighted by Crippen LogP contribution is 1.67. The SMILES string of the molecule is CN(C)CO[NH]. The largest absolute Gasteiger partial charge is 0.285 e. The molecule has 3 nitrogen and oxygen atoms in total. The average molecular weight is 89.1 g/mol. The third-order valence-corrected chi connectivity index (χ3v) is 0.323. The molecule has 0 aliphatic rings. The molecule has 0 bridgehead atoms. The molecule has 1 N–H and O–H groups in total. The van der Waals surface area contributed by atoms with Crippen molar-refractivity contribution in [2.45, 2.75) is 0 Å². The van der Waals surface area contributed by atoms with E-state index in [1.165, 1.54) is 0 Å². The third-order valence-electron chi connectivity index (χ3n) is 0.323. The lowest BCUT2D eigenvalue weighted by Crippen LogP contribution is -2.14. The highest BCUT2D eigenvalue weighted by molar-refractivity contribution is 4.19. The van der Waals surface area contributed by atoms with Gasteiger partial charge in [-0.2, -0.15) is 0 Å². The van der Waals surface area contributed by atoms with Gasteiger partial charge in [0.25, 0.3) is 0 Å². The zero-order valence-corrected chi connectivity index (χ0v) is 4.06. The van der Waals surface area contributed by atoms with Crippen molar-refractivity contribution in [2.24, 2.45) is 0 Å². The molecule has 0 rings (SSSR count). The van der Waals surface area contributed by atoms with Crippen LogP contribution in [-0.4, -0.2) is 25.7 Å². The van der Waals surface area contributed by atoms with Gasteiger partial charge in [-0.15, -0.1) is 5.90 Å². The van der Waals surface area contributed by atoms with E-state index in [1.54, 1.807) is 4.90 Å². The molecular weight excluding hydrogens is 80.0 g/mol. The van der Waals surface area contributed by atoms with Crippen molar-refractivity contribution < 1.29 is 4.84 Å². The van der Waals surface area contributed by atoms with Gasteiger partial charge in [-0.05, 0) is 14.1 Å². The molecule has 1 radical (unpaired) electrons. The second-order valence-electron chi connectivity index (χ2n) is 1.35. The summed E-state index contributed by atoms with van der Waals surface area (Å²) in [6, 6.07) is 0. The Labute approximate surface area is 37.6 Å². The van der Waals surface area contributed by atoms with Crippen molar-refractivity contribution in [2.75, 3.05) is 20.8 Å². The zero-order chi connectivity index (χ0) is 4.99. The van der Waals surface area contributed by atoms with Gasteiger partial charge in [0.15, 0.2) is 0 Å². The number of hydrogen-bond donors (Lipinski definition) is 0. The molecule has 0 amide bonds. The maximum absolute atomic E-state index is 6.19. The summed E-state index contributed by atoms with van der Waals surface area (Å²) in [6.45, 7) is 0.375. The molecule has 6 heavy (non-hydrogen) atoms. The second kappa shape index (κ2) is 3.08. The number of nitrogens with one attached hydrogen (secondary N) is 1. The topological polar surface area (TPSA) is 36.3 Å². The smallest absolute Gasteiger partial charge is 0.122 e. The molecule has 0 atom stereocenters. The third kappa shape index (κ3) is 3.88. The Kier molecular flexibility index (Phi) is 3.02. The lowest BCUT2D eigenvalue weighted by atomic mass is 11.0. The van der Waals surface area contributed by atoms with Gasteiger partial charge in [0, 0.05) is 0 Å². The van der Waals surface area contributed by atoms with E-state index in [9.17, 15) is 0 Å². The molecule has 0 fully saturated rings. The summed E-state index contributed by atoms with van der Waals surface area (Å²) in [5.74, 6) is 6.19. The second-order valence-corrected chi connectivity index (χ2v) is 1.35. The first-order valence-electron chi connectivity index (χ1n) is 1.70. The fraction of sp³-hybridized carbons (Fsp3) is 1.00. The molecule has 0 saturated carbocycles. The Balaban J connectivity index is 2.63. The van der Waals surface area contributed by atoms with E-state index in [1.807, 2.05) is 14.1 Å². The molecule has 0 aromatic rings. The lowest BCUT2D eigenvalue weighted by Gasteiger charge is -2.02. The summed E-state index contributed by atoms with van der Waals surface area (Å²) in [7, 11) is 3.68. The zero-order valence-electron chi connectivity index (χ0n) is 4.06. The van der Waals surface area contributed by atoms with E-state index < -0.39 is 0 Å². The summed E-state index contributed by atoms with van der Waals surface area (Å²) in [5.41, 5.74) is 0. The minimum Gasteiger partial charge on any atom is -0.285 e. The van der Waals surface area contributed by atoms with Crippen LogP contribution in [0.2, 0.25) is 0 Å². The molecule has 3 heteroatoms. The van der Waals surface area contributed by atoms with Gasteiger partial charge in [-0.25, -0.2) is 0 Å². The summed E-state index contributed by atoms with van der Waals surface area (Å²) in [5, 5.41) is 0. The fourth-order valence-electron chi connectivity index (χ4n) is 0.129. The standard InChI is InChI=1S/C3H9N2O/c1-5(2)3-6-4/h4H,3H2,1-2H3. The highest BCUT2D eigenvalue weighted by Gasteiger charge is 1.80. The number of nitrogens with zero attached hydrogens (tertiary/aromatic N) is 1. The molecule has 0 aromatic carbocycles. The Morgan fingerprint density at radius 2 is 2.17 bits per heavy atom. The summed E-state index contributed by atoms with van der Waals surface area (Å²) in [6.07, 6.45) is 0. The minimum atomic E-state index is 0.375. The van der Waals surface area contributed by atoms with Crippen LogP contribution in [0.4, 0.5) is 0 Å². The van der Waals surface area contributed by atoms with Crippen molar-refractivity contribution >= 4 is 0 Å². The Bertz CT molecular complexity index is 30.0. The first-order chi connectivity index (χ1) is 2.77. The Hall–Kier alpha value is -0.120. The van der Waals surface area contributed by atoms with Gasteiger partial charge in [0.2, 0.25) is 0 Å². The summed E-state index contributed by atoms with van der Waals surface area (Å²) >= 11 is 0. The van der Waals surface area contributed by atoms with Crippen LogP contribution in [-0.2, 0) is 4.84 Å². The molecule has 0 aliphatic carbocycles. The fourth-order valence-corrected chi connectivity index (χ4v) is 0.129. The lowest BCUT2D eigenvalue weighted by molar-refractivity contribution is 0.0421. The first-order valence-corrected chi connectivity index (χ1v) is 1.70. The van der Waals surface area contributed by atoms with Crippen molar-refractivity contribution in [3.63, 3.8) is 0 Å². The molecule has 37 valence electrons.